The van der Waals surface area contributed by atoms with Gasteiger partial charge in [0, 0.05) is 12.1 Å². The van der Waals surface area contributed by atoms with Crippen molar-refractivity contribution in [2.75, 3.05) is 0 Å². The Bertz CT molecular complexity index is 592. The first-order valence-corrected chi connectivity index (χ1v) is 5.22. The van der Waals surface area contributed by atoms with E-state index in [1.807, 2.05) is 6.08 Å². The van der Waals surface area contributed by atoms with Crippen LogP contribution in [0.5, 0.6) is 5.75 Å². The summed E-state index contributed by atoms with van der Waals surface area (Å²) in [5.41, 5.74) is 0.853. The van der Waals surface area contributed by atoms with Crippen molar-refractivity contribution < 1.29 is 9.52 Å². The molecule has 0 aliphatic rings. The second kappa shape index (κ2) is 4.70. The Morgan fingerprint density at radius 2 is 1.82 bits per heavy atom. The topological polar surface area (TPSA) is 50.4 Å². The van der Waals surface area contributed by atoms with Crippen LogP contribution in [0.1, 0.15) is 17.1 Å². The molecule has 0 saturated heterocycles. The van der Waals surface area contributed by atoms with E-state index in [2.05, 4.69) is 0 Å². The number of hydrogen-bond donors (Lipinski definition) is 1. The zero-order valence-electron chi connectivity index (χ0n) is 9.38. The van der Waals surface area contributed by atoms with Crippen molar-refractivity contribution in [3.05, 3.63) is 63.7 Å². The Kier molecular flexibility index (Phi) is 3.10. The van der Waals surface area contributed by atoms with Crippen LogP contribution in [0, 0.1) is 6.92 Å². The van der Waals surface area contributed by atoms with Gasteiger partial charge in [-0.1, -0.05) is 18.2 Å². The second-order valence-corrected chi connectivity index (χ2v) is 3.73. The summed E-state index contributed by atoms with van der Waals surface area (Å²) in [6, 6.07) is 9.64. The summed E-state index contributed by atoms with van der Waals surface area (Å²) in [5.74, 6) is 1.33. The van der Waals surface area contributed by atoms with Gasteiger partial charge in [-0.05, 0) is 30.7 Å². The Hall–Kier alpha value is -2.29. The van der Waals surface area contributed by atoms with Gasteiger partial charge in [0.25, 0.3) is 0 Å². The Morgan fingerprint density at radius 1 is 1.12 bits per heavy atom. The molecule has 86 valence electrons. The maximum absolute atomic E-state index is 11.2. The highest BCUT2D eigenvalue weighted by molar-refractivity contribution is 5.67. The number of aryl methyl sites for hydroxylation is 1. The van der Waals surface area contributed by atoms with Gasteiger partial charge in [-0.15, -0.1) is 0 Å². The summed E-state index contributed by atoms with van der Waals surface area (Å²) in [6.45, 7) is 1.74. The Balaban J connectivity index is 2.25. The van der Waals surface area contributed by atoms with Crippen LogP contribution >= 0.6 is 0 Å². The Morgan fingerprint density at radius 3 is 2.47 bits per heavy atom. The second-order valence-electron chi connectivity index (χ2n) is 3.73. The minimum absolute atomic E-state index is 0.0703. The predicted octanol–water partition coefficient (Wildman–Crippen LogP) is 2.82. The van der Waals surface area contributed by atoms with Crippen molar-refractivity contribution in [3.63, 3.8) is 0 Å². The van der Waals surface area contributed by atoms with Crippen molar-refractivity contribution in [2.24, 2.45) is 0 Å². The van der Waals surface area contributed by atoms with Gasteiger partial charge in [0.1, 0.15) is 17.3 Å². The molecule has 17 heavy (non-hydrogen) atoms. The quantitative estimate of drug-likeness (QED) is 0.859. The fraction of sp³-hybridized carbons (Fsp3) is 0.0714. The molecule has 0 bridgehead atoms. The summed E-state index contributed by atoms with van der Waals surface area (Å²) in [5, 5.41) is 9.13. The standard InChI is InChI=1S/C14H12O3/c1-10-8-13(16)9-14(17-10)7-4-11-2-5-12(15)6-3-11/h2-9,15H,1H3/b7-4+. The van der Waals surface area contributed by atoms with Crippen LogP contribution in [0.4, 0.5) is 0 Å². The molecule has 2 aromatic rings. The van der Waals surface area contributed by atoms with Crippen molar-refractivity contribution in [2.45, 2.75) is 6.92 Å². The molecule has 1 heterocycles. The van der Waals surface area contributed by atoms with Crippen LogP contribution in [0.15, 0.2) is 45.6 Å². The van der Waals surface area contributed by atoms with E-state index in [9.17, 15) is 4.79 Å². The summed E-state index contributed by atoms with van der Waals surface area (Å²) < 4.78 is 5.37. The third-order valence-corrected chi connectivity index (χ3v) is 2.24. The van der Waals surface area contributed by atoms with Gasteiger partial charge in [-0.2, -0.15) is 0 Å². The SMILES string of the molecule is Cc1cc(=O)cc(/C=C/c2ccc(O)cc2)o1. The monoisotopic (exact) mass is 228 g/mol. The van der Waals surface area contributed by atoms with Crippen molar-refractivity contribution >= 4 is 12.2 Å². The molecule has 0 unspecified atom stereocenters. The number of aromatic hydroxyl groups is 1. The van der Waals surface area contributed by atoms with E-state index in [1.165, 1.54) is 12.1 Å². The van der Waals surface area contributed by atoms with E-state index >= 15 is 0 Å². The van der Waals surface area contributed by atoms with Crippen LogP contribution in [0.3, 0.4) is 0 Å². The number of phenols is 1. The fourth-order valence-electron chi connectivity index (χ4n) is 1.47. The van der Waals surface area contributed by atoms with Crippen molar-refractivity contribution in [3.8, 4) is 5.75 Å². The van der Waals surface area contributed by atoms with Crippen LogP contribution in [0.25, 0.3) is 12.2 Å². The lowest BCUT2D eigenvalue weighted by atomic mass is 10.2. The highest BCUT2D eigenvalue weighted by atomic mass is 16.3. The molecule has 0 aliphatic carbocycles. The van der Waals surface area contributed by atoms with Crippen LogP contribution < -0.4 is 5.43 Å². The number of benzene rings is 1. The molecule has 3 nitrogen and oxygen atoms in total. The first kappa shape index (κ1) is 11.2. The molecular weight excluding hydrogens is 216 g/mol. The van der Waals surface area contributed by atoms with Crippen LogP contribution in [-0.2, 0) is 0 Å². The van der Waals surface area contributed by atoms with Crippen molar-refractivity contribution in [1.29, 1.82) is 0 Å². The molecule has 0 radical (unpaired) electrons. The minimum atomic E-state index is -0.0703. The minimum Gasteiger partial charge on any atom is -0.508 e. The lowest BCUT2D eigenvalue weighted by Gasteiger charge is -1.96. The highest BCUT2D eigenvalue weighted by Crippen LogP contribution is 2.12. The van der Waals surface area contributed by atoms with E-state index in [0.29, 0.717) is 11.5 Å². The third-order valence-electron chi connectivity index (χ3n) is 2.24. The average molecular weight is 228 g/mol. The zero-order chi connectivity index (χ0) is 12.3. The number of rotatable bonds is 2. The summed E-state index contributed by atoms with van der Waals surface area (Å²) in [4.78, 5) is 11.2. The van der Waals surface area contributed by atoms with Gasteiger partial charge in [0.15, 0.2) is 5.43 Å². The summed E-state index contributed by atoms with van der Waals surface area (Å²) in [7, 11) is 0. The van der Waals surface area contributed by atoms with Crippen molar-refractivity contribution in [1.82, 2.24) is 0 Å². The lowest BCUT2D eigenvalue weighted by Crippen LogP contribution is -1.97. The van der Waals surface area contributed by atoms with E-state index < -0.39 is 0 Å². The molecule has 0 atom stereocenters. The first-order chi connectivity index (χ1) is 8.13. The van der Waals surface area contributed by atoms with E-state index in [0.717, 1.165) is 5.56 Å². The summed E-state index contributed by atoms with van der Waals surface area (Å²) >= 11 is 0. The van der Waals surface area contributed by atoms with Gasteiger partial charge >= 0.3 is 0 Å². The molecule has 3 heteroatoms. The zero-order valence-corrected chi connectivity index (χ0v) is 9.38. The largest absolute Gasteiger partial charge is 0.508 e. The predicted molar refractivity (Wildman–Crippen MR) is 66.7 cm³/mol. The third kappa shape index (κ3) is 3.08. The lowest BCUT2D eigenvalue weighted by molar-refractivity contribution is 0.475. The van der Waals surface area contributed by atoms with Gasteiger partial charge in [0.05, 0.1) is 0 Å². The normalized spacial score (nSPS) is 10.9. The van der Waals surface area contributed by atoms with Gasteiger partial charge in [0.2, 0.25) is 0 Å². The maximum Gasteiger partial charge on any atom is 0.185 e. The van der Waals surface area contributed by atoms with E-state index in [4.69, 9.17) is 9.52 Å². The molecule has 1 N–H and O–H groups in total. The van der Waals surface area contributed by atoms with Gasteiger partial charge in [-0.3, -0.25) is 4.79 Å². The average Bonchev–Trinajstić information content (AvgIpc) is 2.27. The molecule has 1 aromatic heterocycles. The Labute approximate surface area is 98.7 Å². The molecule has 2 rings (SSSR count). The molecule has 0 amide bonds. The molecule has 0 spiro atoms. The van der Waals surface area contributed by atoms with E-state index in [1.54, 1.807) is 37.3 Å². The molecule has 1 aromatic carbocycles. The van der Waals surface area contributed by atoms with E-state index in [-0.39, 0.29) is 11.2 Å². The molecule has 0 fully saturated rings. The molecular formula is C14H12O3. The van der Waals surface area contributed by atoms with Crippen LogP contribution in [-0.4, -0.2) is 5.11 Å². The number of hydrogen-bond acceptors (Lipinski definition) is 3. The molecule has 0 aliphatic heterocycles. The first-order valence-electron chi connectivity index (χ1n) is 5.22. The highest BCUT2D eigenvalue weighted by Gasteiger charge is 1.95. The summed E-state index contributed by atoms with van der Waals surface area (Å²) in [6.07, 6.45) is 3.54. The number of phenolic OH excluding ortho intramolecular Hbond substituents is 1. The van der Waals surface area contributed by atoms with Crippen LogP contribution in [0.2, 0.25) is 0 Å². The smallest absolute Gasteiger partial charge is 0.185 e. The fourth-order valence-corrected chi connectivity index (χ4v) is 1.47. The van der Waals surface area contributed by atoms with Gasteiger partial charge < -0.3 is 9.52 Å². The molecule has 0 saturated carbocycles. The van der Waals surface area contributed by atoms with Gasteiger partial charge in [-0.25, -0.2) is 0 Å². The maximum atomic E-state index is 11.2.